The summed E-state index contributed by atoms with van der Waals surface area (Å²) in [6, 6.07) is 5.69. The van der Waals surface area contributed by atoms with Crippen LogP contribution in [0.2, 0.25) is 0 Å². The Kier molecular flexibility index (Phi) is 5.48. The lowest BCUT2D eigenvalue weighted by Gasteiger charge is -2.26. The molecule has 0 aliphatic heterocycles. The van der Waals surface area contributed by atoms with Crippen molar-refractivity contribution in [2.24, 2.45) is 0 Å². The minimum Gasteiger partial charge on any atom is -0.481 e. The average molecular weight is 267 g/mol. The van der Waals surface area contributed by atoms with Gasteiger partial charge in [-0.15, -0.1) is 0 Å². The van der Waals surface area contributed by atoms with Gasteiger partial charge in [-0.2, -0.15) is 0 Å². The van der Waals surface area contributed by atoms with E-state index in [2.05, 4.69) is 0 Å². The van der Waals surface area contributed by atoms with Gasteiger partial charge < -0.3 is 10.0 Å². The third-order valence-electron chi connectivity index (χ3n) is 2.78. The van der Waals surface area contributed by atoms with Gasteiger partial charge in [0.25, 0.3) is 5.91 Å². The van der Waals surface area contributed by atoms with Crippen LogP contribution in [0, 0.1) is 5.82 Å². The molecule has 5 heteroatoms. The number of carbonyl (C=O) groups excluding carboxylic acids is 1. The van der Waals surface area contributed by atoms with Crippen molar-refractivity contribution in [3.63, 3.8) is 0 Å². The molecule has 1 amide bonds. The van der Waals surface area contributed by atoms with Gasteiger partial charge in [0.05, 0.1) is 5.56 Å². The van der Waals surface area contributed by atoms with E-state index in [1.54, 1.807) is 6.07 Å². The zero-order chi connectivity index (χ0) is 14.4. The summed E-state index contributed by atoms with van der Waals surface area (Å²) in [6.45, 7) is 3.94. The molecule has 19 heavy (non-hydrogen) atoms. The number of carboxylic acids is 1. The Morgan fingerprint density at radius 2 is 1.95 bits per heavy atom. The summed E-state index contributed by atoms with van der Waals surface area (Å²) in [6.07, 6.45) is 0.349. The van der Waals surface area contributed by atoms with E-state index in [1.807, 2.05) is 13.8 Å². The summed E-state index contributed by atoms with van der Waals surface area (Å²) < 4.78 is 13.6. The first kappa shape index (κ1) is 15.1. The predicted octanol–water partition coefficient (Wildman–Crippen LogP) is 2.54. The zero-order valence-electron chi connectivity index (χ0n) is 11.1. The first-order valence-corrected chi connectivity index (χ1v) is 6.20. The summed E-state index contributed by atoms with van der Waals surface area (Å²) in [5.74, 6) is -1.86. The molecular weight excluding hydrogens is 249 g/mol. The minimum atomic E-state index is -0.901. The van der Waals surface area contributed by atoms with Crippen LogP contribution in [0.25, 0.3) is 0 Å². The maximum absolute atomic E-state index is 13.6. The SMILES string of the molecule is CC(C)N(CCCC(=O)O)C(=O)c1ccccc1F. The summed E-state index contributed by atoms with van der Waals surface area (Å²) >= 11 is 0. The largest absolute Gasteiger partial charge is 0.481 e. The Morgan fingerprint density at radius 1 is 1.32 bits per heavy atom. The highest BCUT2D eigenvalue weighted by Gasteiger charge is 2.21. The molecule has 0 bridgehead atoms. The molecule has 0 saturated carbocycles. The number of amides is 1. The van der Waals surface area contributed by atoms with Crippen molar-refractivity contribution in [3.05, 3.63) is 35.6 Å². The molecule has 1 aromatic carbocycles. The topological polar surface area (TPSA) is 57.6 Å². The highest BCUT2D eigenvalue weighted by molar-refractivity contribution is 5.94. The smallest absolute Gasteiger partial charge is 0.303 e. The fraction of sp³-hybridized carbons (Fsp3) is 0.429. The minimum absolute atomic E-state index is 0.00618. The molecule has 0 unspecified atom stereocenters. The van der Waals surface area contributed by atoms with E-state index in [-0.39, 0.29) is 18.0 Å². The number of hydrogen-bond acceptors (Lipinski definition) is 2. The van der Waals surface area contributed by atoms with Gasteiger partial charge in [0.15, 0.2) is 0 Å². The van der Waals surface area contributed by atoms with E-state index < -0.39 is 17.7 Å². The van der Waals surface area contributed by atoms with Crippen molar-refractivity contribution in [2.45, 2.75) is 32.7 Å². The quantitative estimate of drug-likeness (QED) is 0.861. The fourth-order valence-corrected chi connectivity index (χ4v) is 1.78. The number of hydrogen-bond donors (Lipinski definition) is 1. The van der Waals surface area contributed by atoms with Crippen LogP contribution in [-0.4, -0.2) is 34.5 Å². The van der Waals surface area contributed by atoms with E-state index >= 15 is 0 Å². The molecule has 0 heterocycles. The van der Waals surface area contributed by atoms with E-state index in [9.17, 15) is 14.0 Å². The van der Waals surface area contributed by atoms with Crippen molar-refractivity contribution < 1.29 is 19.1 Å². The monoisotopic (exact) mass is 267 g/mol. The maximum Gasteiger partial charge on any atom is 0.303 e. The number of carbonyl (C=O) groups is 2. The third kappa shape index (κ3) is 4.35. The number of benzene rings is 1. The molecule has 0 aliphatic carbocycles. The van der Waals surface area contributed by atoms with Crippen LogP contribution in [0.5, 0.6) is 0 Å². The van der Waals surface area contributed by atoms with E-state index in [0.29, 0.717) is 13.0 Å². The number of carboxylic acid groups (broad SMARTS) is 1. The van der Waals surface area contributed by atoms with Gasteiger partial charge in [-0.25, -0.2) is 4.39 Å². The summed E-state index contributed by atoms with van der Waals surface area (Å²) in [5, 5.41) is 8.60. The third-order valence-corrected chi connectivity index (χ3v) is 2.78. The van der Waals surface area contributed by atoms with Crippen LogP contribution in [0.4, 0.5) is 4.39 Å². The summed E-state index contributed by atoms with van der Waals surface area (Å²) in [5.41, 5.74) is 0.0199. The second kappa shape index (κ2) is 6.87. The molecule has 0 saturated heterocycles. The van der Waals surface area contributed by atoms with Gasteiger partial charge in [-0.1, -0.05) is 12.1 Å². The van der Waals surface area contributed by atoms with Crippen molar-refractivity contribution in [2.75, 3.05) is 6.54 Å². The Bertz CT molecular complexity index is 460. The molecule has 0 radical (unpaired) electrons. The Balaban J connectivity index is 2.79. The standard InChI is InChI=1S/C14H18FNO3/c1-10(2)16(9-5-8-13(17)18)14(19)11-6-3-4-7-12(11)15/h3-4,6-7,10H,5,8-9H2,1-2H3,(H,17,18). The molecule has 1 N–H and O–H groups in total. The molecule has 1 rings (SSSR count). The normalized spacial score (nSPS) is 10.5. The molecule has 0 spiro atoms. The highest BCUT2D eigenvalue weighted by atomic mass is 19.1. The van der Waals surface area contributed by atoms with Crippen molar-refractivity contribution in [3.8, 4) is 0 Å². The number of aliphatic carboxylic acids is 1. The lowest BCUT2D eigenvalue weighted by Crippen LogP contribution is -2.38. The maximum atomic E-state index is 13.6. The number of rotatable bonds is 6. The van der Waals surface area contributed by atoms with Crippen LogP contribution in [-0.2, 0) is 4.79 Å². The second-order valence-electron chi connectivity index (χ2n) is 4.57. The molecule has 1 aromatic rings. The van der Waals surface area contributed by atoms with Gasteiger partial charge in [0, 0.05) is 19.0 Å². The van der Waals surface area contributed by atoms with E-state index in [1.165, 1.54) is 23.1 Å². The highest BCUT2D eigenvalue weighted by Crippen LogP contribution is 2.13. The van der Waals surface area contributed by atoms with E-state index in [0.717, 1.165) is 0 Å². The van der Waals surface area contributed by atoms with Crippen LogP contribution in [0.15, 0.2) is 24.3 Å². The molecule has 0 atom stereocenters. The van der Waals surface area contributed by atoms with Crippen LogP contribution < -0.4 is 0 Å². The van der Waals surface area contributed by atoms with Gasteiger partial charge in [-0.05, 0) is 32.4 Å². The molecule has 104 valence electrons. The Hall–Kier alpha value is -1.91. The zero-order valence-corrected chi connectivity index (χ0v) is 11.1. The molecule has 0 aromatic heterocycles. The lowest BCUT2D eigenvalue weighted by atomic mass is 10.1. The fourth-order valence-electron chi connectivity index (χ4n) is 1.78. The number of nitrogens with zero attached hydrogens (tertiary/aromatic N) is 1. The molecular formula is C14H18FNO3. The van der Waals surface area contributed by atoms with Crippen LogP contribution >= 0.6 is 0 Å². The number of halogens is 1. The summed E-state index contributed by atoms with van der Waals surface area (Å²) in [4.78, 5) is 24.2. The van der Waals surface area contributed by atoms with Gasteiger partial charge in [0.1, 0.15) is 5.82 Å². The second-order valence-corrected chi connectivity index (χ2v) is 4.57. The Morgan fingerprint density at radius 3 is 2.47 bits per heavy atom. The van der Waals surface area contributed by atoms with Crippen molar-refractivity contribution in [1.82, 2.24) is 4.90 Å². The average Bonchev–Trinajstić information content (AvgIpc) is 2.33. The van der Waals surface area contributed by atoms with Gasteiger partial charge >= 0.3 is 5.97 Å². The van der Waals surface area contributed by atoms with Crippen molar-refractivity contribution in [1.29, 1.82) is 0 Å². The molecule has 0 fully saturated rings. The molecule has 4 nitrogen and oxygen atoms in total. The summed E-state index contributed by atoms with van der Waals surface area (Å²) in [7, 11) is 0. The Labute approximate surface area is 111 Å². The van der Waals surface area contributed by atoms with Gasteiger partial charge in [-0.3, -0.25) is 9.59 Å². The first-order chi connectivity index (χ1) is 8.93. The van der Waals surface area contributed by atoms with Crippen molar-refractivity contribution >= 4 is 11.9 Å². The van der Waals surface area contributed by atoms with E-state index in [4.69, 9.17) is 5.11 Å². The van der Waals surface area contributed by atoms with Crippen LogP contribution in [0.3, 0.4) is 0 Å². The molecule has 0 aliphatic rings. The van der Waals surface area contributed by atoms with Crippen LogP contribution in [0.1, 0.15) is 37.0 Å². The predicted molar refractivity (Wildman–Crippen MR) is 69.4 cm³/mol. The van der Waals surface area contributed by atoms with Gasteiger partial charge in [0.2, 0.25) is 0 Å². The first-order valence-electron chi connectivity index (χ1n) is 6.20. The lowest BCUT2D eigenvalue weighted by molar-refractivity contribution is -0.137.